The first-order valence-corrected chi connectivity index (χ1v) is 9.64. The molecule has 6 nitrogen and oxygen atoms in total. The molecule has 0 fully saturated rings. The molecule has 0 spiro atoms. The molecule has 130 valence electrons. The van der Waals surface area contributed by atoms with Gasteiger partial charge in [-0.3, -0.25) is 5.10 Å². The molecule has 0 bridgehead atoms. The summed E-state index contributed by atoms with van der Waals surface area (Å²) in [6, 6.07) is 16.1. The zero-order chi connectivity index (χ0) is 17.7. The Labute approximate surface area is 149 Å². The fraction of sp³-hybridized carbons (Fsp3) is 0.105. The van der Waals surface area contributed by atoms with E-state index < -0.39 is 9.84 Å². The van der Waals surface area contributed by atoms with Crippen LogP contribution in [0.15, 0.2) is 64.5 Å². The molecular formula is C19H14N2O4S. The summed E-state index contributed by atoms with van der Waals surface area (Å²) in [6.45, 7) is 0.798. The van der Waals surface area contributed by atoms with Crippen LogP contribution in [0.1, 0.15) is 0 Å². The molecule has 0 unspecified atom stereocenters. The lowest BCUT2D eigenvalue weighted by Gasteiger charge is -2.19. The van der Waals surface area contributed by atoms with Gasteiger partial charge in [0, 0.05) is 5.39 Å². The first kappa shape index (κ1) is 15.2. The van der Waals surface area contributed by atoms with Crippen LogP contribution in [0.5, 0.6) is 11.5 Å². The Morgan fingerprint density at radius 1 is 0.923 bits per heavy atom. The number of ether oxygens (including phenoxy) is 2. The van der Waals surface area contributed by atoms with Crippen molar-refractivity contribution in [2.24, 2.45) is 0 Å². The van der Waals surface area contributed by atoms with Gasteiger partial charge >= 0.3 is 0 Å². The minimum Gasteiger partial charge on any atom is -0.486 e. The fourth-order valence-electron chi connectivity index (χ4n) is 3.32. The quantitative estimate of drug-likeness (QED) is 0.589. The SMILES string of the molecule is O=S(=O)(c1cccc2ccccc12)c1[nH]nc2ccc3c(c12)OCCO3. The van der Waals surface area contributed by atoms with Crippen LogP contribution in [0.4, 0.5) is 0 Å². The second-order valence-electron chi connectivity index (χ2n) is 6.02. The number of aromatic nitrogens is 2. The molecule has 3 aromatic carbocycles. The van der Waals surface area contributed by atoms with E-state index in [4.69, 9.17) is 9.47 Å². The molecular weight excluding hydrogens is 352 g/mol. The minimum atomic E-state index is -3.84. The van der Waals surface area contributed by atoms with Gasteiger partial charge in [0.15, 0.2) is 16.5 Å². The third-order valence-electron chi connectivity index (χ3n) is 4.50. The zero-order valence-electron chi connectivity index (χ0n) is 13.6. The van der Waals surface area contributed by atoms with Crippen molar-refractivity contribution >= 4 is 31.5 Å². The van der Waals surface area contributed by atoms with E-state index in [9.17, 15) is 8.42 Å². The summed E-state index contributed by atoms with van der Waals surface area (Å²) < 4.78 is 38.2. The normalized spacial score (nSPS) is 14.0. The van der Waals surface area contributed by atoms with Crippen molar-refractivity contribution in [1.29, 1.82) is 0 Å². The van der Waals surface area contributed by atoms with Crippen LogP contribution in [0.3, 0.4) is 0 Å². The van der Waals surface area contributed by atoms with Gasteiger partial charge in [-0.2, -0.15) is 5.10 Å². The van der Waals surface area contributed by atoms with E-state index in [1.807, 2.05) is 24.3 Å². The summed E-state index contributed by atoms with van der Waals surface area (Å²) in [6.07, 6.45) is 0. The number of aromatic amines is 1. The van der Waals surface area contributed by atoms with Crippen molar-refractivity contribution in [2.75, 3.05) is 13.2 Å². The maximum atomic E-state index is 13.4. The molecule has 26 heavy (non-hydrogen) atoms. The average Bonchev–Trinajstić information content (AvgIpc) is 3.13. The van der Waals surface area contributed by atoms with E-state index in [2.05, 4.69) is 10.2 Å². The third-order valence-corrected chi connectivity index (χ3v) is 6.27. The fourth-order valence-corrected chi connectivity index (χ4v) is 4.90. The highest BCUT2D eigenvalue weighted by atomic mass is 32.2. The molecule has 4 aromatic rings. The summed E-state index contributed by atoms with van der Waals surface area (Å²) in [4.78, 5) is 0.232. The molecule has 0 atom stereocenters. The van der Waals surface area contributed by atoms with E-state index in [0.29, 0.717) is 41.0 Å². The molecule has 1 aliphatic heterocycles. The van der Waals surface area contributed by atoms with Crippen molar-refractivity contribution < 1.29 is 17.9 Å². The van der Waals surface area contributed by atoms with Crippen molar-refractivity contribution in [3.8, 4) is 11.5 Å². The summed E-state index contributed by atoms with van der Waals surface area (Å²) in [5.74, 6) is 0.945. The van der Waals surface area contributed by atoms with E-state index in [0.717, 1.165) is 5.39 Å². The lowest BCUT2D eigenvalue weighted by Crippen LogP contribution is -2.15. The number of hydrogen-bond donors (Lipinski definition) is 1. The van der Waals surface area contributed by atoms with Gasteiger partial charge in [-0.05, 0) is 23.6 Å². The van der Waals surface area contributed by atoms with E-state index in [-0.39, 0.29) is 9.92 Å². The first-order valence-electron chi connectivity index (χ1n) is 8.16. The monoisotopic (exact) mass is 366 g/mol. The highest BCUT2D eigenvalue weighted by Crippen LogP contribution is 2.41. The Balaban J connectivity index is 1.82. The summed E-state index contributed by atoms with van der Waals surface area (Å²) in [5, 5.41) is 8.82. The van der Waals surface area contributed by atoms with Gasteiger partial charge in [-0.15, -0.1) is 0 Å². The molecule has 2 heterocycles. The minimum absolute atomic E-state index is 0.0196. The van der Waals surface area contributed by atoms with Crippen LogP contribution in [-0.2, 0) is 9.84 Å². The molecule has 7 heteroatoms. The third kappa shape index (κ3) is 2.10. The molecule has 0 radical (unpaired) electrons. The Morgan fingerprint density at radius 3 is 2.65 bits per heavy atom. The van der Waals surface area contributed by atoms with E-state index in [1.54, 1.807) is 30.3 Å². The lowest BCUT2D eigenvalue weighted by atomic mass is 10.1. The average molecular weight is 366 g/mol. The Kier molecular flexibility index (Phi) is 3.20. The highest BCUT2D eigenvalue weighted by molar-refractivity contribution is 7.91. The van der Waals surface area contributed by atoms with Crippen molar-refractivity contribution in [1.82, 2.24) is 10.2 Å². The van der Waals surface area contributed by atoms with Gasteiger partial charge in [0.05, 0.1) is 15.8 Å². The predicted molar refractivity (Wildman–Crippen MR) is 96.5 cm³/mol. The first-order chi connectivity index (χ1) is 12.7. The Morgan fingerprint density at radius 2 is 1.73 bits per heavy atom. The Bertz CT molecular complexity index is 1260. The van der Waals surface area contributed by atoms with Crippen molar-refractivity contribution in [3.05, 3.63) is 54.6 Å². The van der Waals surface area contributed by atoms with Crippen molar-refractivity contribution in [3.63, 3.8) is 0 Å². The maximum absolute atomic E-state index is 13.4. The van der Waals surface area contributed by atoms with Crippen LogP contribution in [-0.4, -0.2) is 31.8 Å². The van der Waals surface area contributed by atoms with E-state index in [1.165, 1.54) is 0 Å². The number of hydrogen-bond acceptors (Lipinski definition) is 5. The number of H-pyrrole nitrogens is 1. The predicted octanol–water partition coefficient (Wildman–Crippen LogP) is 3.32. The topological polar surface area (TPSA) is 81.3 Å². The number of fused-ring (bicyclic) bond motifs is 4. The van der Waals surface area contributed by atoms with Crippen LogP contribution in [0, 0.1) is 0 Å². The van der Waals surface area contributed by atoms with Crippen LogP contribution in [0.2, 0.25) is 0 Å². The number of nitrogens with zero attached hydrogens (tertiary/aromatic N) is 1. The number of benzene rings is 3. The van der Waals surface area contributed by atoms with Gasteiger partial charge in [-0.1, -0.05) is 36.4 Å². The molecule has 0 amide bonds. The largest absolute Gasteiger partial charge is 0.486 e. The molecule has 0 aliphatic carbocycles. The molecule has 0 saturated carbocycles. The molecule has 1 N–H and O–H groups in total. The molecule has 1 aliphatic rings. The molecule has 5 rings (SSSR count). The number of nitrogens with one attached hydrogen (secondary N) is 1. The van der Waals surface area contributed by atoms with Crippen LogP contribution < -0.4 is 9.47 Å². The Hall–Kier alpha value is -3.06. The standard InChI is InChI=1S/C19H14N2O4S/c22-26(23,16-7-3-5-12-4-1-2-6-13(12)16)19-17-14(20-21-19)8-9-15-18(17)25-11-10-24-15/h1-9H,10-11H2,(H,20,21). The highest BCUT2D eigenvalue weighted by Gasteiger charge is 2.29. The molecule has 1 aromatic heterocycles. The smallest absolute Gasteiger partial charge is 0.224 e. The van der Waals surface area contributed by atoms with Gasteiger partial charge in [-0.25, -0.2) is 8.42 Å². The number of rotatable bonds is 2. The maximum Gasteiger partial charge on any atom is 0.224 e. The van der Waals surface area contributed by atoms with Crippen molar-refractivity contribution in [2.45, 2.75) is 9.92 Å². The summed E-state index contributed by atoms with van der Waals surface area (Å²) >= 11 is 0. The van der Waals surface area contributed by atoms with E-state index >= 15 is 0 Å². The zero-order valence-corrected chi connectivity index (χ0v) is 14.4. The second kappa shape index (κ2) is 5.47. The lowest BCUT2D eigenvalue weighted by molar-refractivity contribution is 0.174. The molecule has 0 saturated heterocycles. The van der Waals surface area contributed by atoms with Crippen LogP contribution in [0.25, 0.3) is 21.7 Å². The number of sulfone groups is 1. The summed E-state index contributed by atoms with van der Waals surface area (Å²) in [7, 11) is -3.84. The van der Waals surface area contributed by atoms with Gasteiger partial charge in [0.2, 0.25) is 9.84 Å². The van der Waals surface area contributed by atoms with Gasteiger partial charge in [0.25, 0.3) is 0 Å². The van der Waals surface area contributed by atoms with Gasteiger partial charge in [0.1, 0.15) is 13.2 Å². The second-order valence-corrected chi connectivity index (χ2v) is 7.87. The summed E-state index contributed by atoms with van der Waals surface area (Å²) in [5.41, 5.74) is 0.521. The van der Waals surface area contributed by atoms with Gasteiger partial charge < -0.3 is 9.47 Å². The van der Waals surface area contributed by atoms with Crippen LogP contribution >= 0.6 is 0 Å².